The molecule has 1 fully saturated rings. The zero-order chi connectivity index (χ0) is 20.1. The Morgan fingerprint density at radius 1 is 1.07 bits per heavy atom. The summed E-state index contributed by atoms with van der Waals surface area (Å²) in [5.41, 5.74) is 0.512. The van der Waals surface area contributed by atoms with E-state index in [2.05, 4.69) is 10.2 Å². The average molecular weight is 393 g/mol. The monoisotopic (exact) mass is 393 g/mol. The van der Waals surface area contributed by atoms with E-state index in [4.69, 9.17) is 4.74 Å². The van der Waals surface area contributed by atoms with Crippen molar-refractivity contribution in [1.82, 2.24) is 9.80 Å². The van der Waals surface area contributed by atoms with Crippen molar-refractivity contribution in [3.05, 3.63) is 59.7 Å². The molecule has 1 heterocycles. The van der Waals surface area contributed by atoms with Gasteiger partial charge in [-0.2, -0.15) is 13.2 Å². The molecule has 0 atom stereocenters. The van der Waals surface area contributed by atoms with Crippen molar-refractivity contribution < 1.29 is 22.7 Å². The van der Waals surface area contributed by atoms with Gasteiger partial charge in [-0.25, -0.2) is 4.79 Å². The lowest BCUT2D eigenvalue weighted by Crippen LogP contribution is -2.49. The molecular weight excluding hydrogens is 371 g/mol. The van der Waals surface area contributed by atoms with E-state index in [1.807, 2.05) is 24.3 Å². The second-order valence-corrected chi connectivity index (χ2v) is 6.62. The van der Waals surface area contributed by atoms with Crippen molar-refractivity contribution in [3.8, 4) is 5.75 Å². The van der Waals surface area contributed by atoms with Crippen molar-refractivity contribution in [3.63, 3.8) is 0 Å². The van der Waals surface area contributed by atoms with Gasteiger partial charge in [-0.15, -0.1) is 0 Å². The van der Waals surface area contributed by atoms with E-state index in [-0.39, 0.29) is 11.7 Å². The lowest BCUT2D eigenvalue weighted by molar-refractivity contribution is -0.137. The first-order valence-electron chi connectivity index (χ1n) is 8.93. The molecule has 2 aromatic rings. The van der Waals surface area contributed by atoms with Gasteiger partial charge >= 0.3 is 12.2 Å². The number of hydrogen-bond donors (Lipinski definition) is 1. The van der Waals surface area contributed by atoms with Crippen molar-refractivity contribution in [2.45, 2.75) is 12.7 Å². The van der Waals surface area contributed by atoms with Crippen molar-refractivity contribution >= 4 is 11.7 Å². The molecule has 28 heavy (non-hydrogen) atoms. The summed E-state index contributed by atoms with van der Waals surface area (Å²) in [5, 5.41) is 2.56. The Hall–Kier alpha value is -2.74. The number of benzene rings is 2. The maximum absolute atomic E-state index is 12.8. The highest BCUT2D eigenvalue weighted by molar-refractivity contribution is 5.89. The number of hydrogen-bond acceptors (Lipinski definition) is 3. The van der Waals surface area contributed by atoms with Crippen LogP contribution in [-0.4, -0.2) is 49.1 Å². The van der Waals surface area contributed by atoms with Gasteiger partial charge in [0.05, 0.1) is 12.7 Å². The number of ether oxygens (including phenoxy) is 1. The number of amides is 2. The zero-order valence-corrected chi connectivity index (χ0v) is 15.5. The Labute approximate surface area is 161 Å². The van der Waals surface area contributed by atoms with Crippen LogP contribution in [0.15, 0.2) is 48.5 Å². The number of nitrogens with zero attached hydrogens (tertiary/aromatic N) is 2. The second kappa shape index (κ2) is 8.52. The largest absolute Gasteiger partial charge is 0.497 e. The summed E-state index contributed by atoms with van der Waals surface area (Å²) in [6.07, 6.45) is -4.44. The number of alkyl halides is 3. The molecule has 150 valence electrons. The summed E-state index contributed by atoms with van der Waals surface area (Å²) in [7, 11) is 1.62. The zero-order valence-electron chi connectivity index (χ0n) is 15.5. The summed E-state index contributed by atoms with van der Waals surface area (Å²) in [4.78, 5) is 16.2. The van der Waals surface area contributed by atoms with Crippen LogP contribution in [0.4, 0.5) is 23.7 Å². The molecule has 1 saturated heterocycles. The van der Waals surface area contributed by atoms with E-state index in [1.54, 1.807) is 12.0 Å². The van der Waals surface area contributed by atoms with Gasteiger partial charge in [0.15, 0.2) is 0 Å². The third kappa shape index (κ3) is 5.16. The van der Waals surface area contributed by atoms with Crippen LogP contribution in [0.2, 0.25) is 0 Å². The fourth-order valence-corrected chi connectivity index (χ4v) is 3.07. The van der Waals surface area contributed by atoms with Gasteiger partial charge in [-0.3, -0.25) is 4.90 Å². The van der Waals surface area contributed by atoms with Crippen LogP contribution in [0.25, 0.3) is 0 Å². The molecule has 2 aromatic carbocycles. The Balaban J connectivity index is 1.51. The number of methoxy groups -OCH3 is 1. The maximum Gasteiger partial charge on any atom is 0.416 e. The summed E-state index contributed by atoms with van der Waals surface area (Å²) in [6, 6.07) is 12.1. The average Bonchev–Trinajstić information content (AvgIpc) is 2.69. The highest BCUT2D eigenvalue weighted by Gasteiger charge is 2.30. The van der Waals surface area contributed by atoms with Gasteiger partial charge in [-0.05, 0) is 35.9 Å². The van der Waals surface area contributed by atoms with E-state index in [0.29, 0.717) is 26.2 Å². The number of rotatable bonds is 4. The van der Waals surface area contributed by atoms with Crippen LogP contribution in [0.1, 0.15) is 11.1 Å². The van der Waals surface area contributed by atoms with Crippen molar-refractivity contribution in [1.29, 1.82) is 0 Å². The van der Waals surface area contributed by atoms with Gasteiger partial charge < -0.3 is 15.0 Å². The Morgan fingerprint density at radius 2 is 1.75 bits per heavy atom. The van der Waals surface area contributed by atoms with E-state index in [9.17, 15) is 18.0 Å². The molecule has 1 N–H and O–H groups in total. The highest BCUT2D eigenvalue weighted by atomic mass is 19.4. The molecule has 2 amide bonds. The SMILES string of the molecule is COc1ccc(CN2CCN(C(=O)Nc3cccc(C(F)(F)F)c3)CC2)cc1. The minimum absolute atomic E-state index is 0.139. The minimum atomic E-state index is -4.44. The lowest BCUT2D eigenvalue weighted by Gasteiger charge is -2.34. The molecule has 1 aliphatic heterocycles. The molecule has 0 saturated carbocycles. The standard InChI is InChI=1S/C20H22F3N3O2/c1-28-18-7-5-15(6-8-18)14-25-9-11-26(12-10-25)19(27)24-17-4-2-3-16(13-17)20(21,22)23/h2-8,13H,9-12,14H2,1H3,(H,24,27). The van der Waals surface area contributed by atoms with E-state index < -0.39 is 11.7 Å². The van der Waals surface area contributed by atoms with E-state index in [1.165, 1.54) is 12.1 Å². The quantitative estimate of drug-likeness (QED) is 0.852. The number of anilines is 1. The first-order valence-corrected chi connectivity index (χ1v) is 8.93. The number of carbonyl (C=O) groups excluding carboxylic acids is 1. The van der Waals surface area contributed by atoms with Crippen LogP contribution in [0.3, 0.4) is 0 Å². The normalized spacial score (nSPS) is 15.4. The molecule has 5 nitrogen and oxygen atoms in total. The van der Waals surface area contributed by atoms with Gasteiger partial charge in [-0.1, -0.05) is 18.2 Å². The van der Waals surface area contributed by atoms with Crippen LogP contribution in [0.5, 0.6) is 5.75 Å². The van der Waals surface area contributed by atoms with Crippen LogP contribution in [0, 0.1) is 0 Å². The topological polar surface area (TPSA) is 44.8 Å². The smallest absolute Gasteiger partial charge is 0.416 e. The Kier molecular flexibility index (Phi) is 6.08. The Bertz CT molecular complexity index is 801. The molecule has 0 aliphatic carbocycles. The van der Waals surface area contributed by atoms with Crippen LogP contribution >= 0.6 is 0 Å². The second-order valence-electron chi connectivity index (χ2n) is 6.62. The van der Waals surface area contributed by atoms with Crippen LogP contribution in [-0.2, 0) is 12.7 Å². The van der Waals surface area contributed by atoms with Crippen molar-refractivity contribution in [2.75, 3.05) is 38.6 Å². The maximum atomic E-state index is 12.8. The summed E-state index contributed by atoms with van der Waals surface area (Å²) < 4.78 is 43.5. The fraction of sp³-hybridized carbons (Fsp3) is 0.350. The molecule has 0 aromatic heterocycles. The third-order valence-electron chi connectivity index (χ3n) is 4.67. The number of halogens is 3. The first-order chi connectivity index (χ1) is 13.3. The summed E-state index contributed by atoms with van der Waals surface area (Å²) >= 11 is 0. The number of nitrogens with one attached hydrogen (secondary N) is 1. The molecule has 0 spiro atoms. The van der Waals surface area contributed by atoms with Gasteiger partial charge in [0.2, 0.25) is 0 Å². The predicted octanol–water partition coefficient (Wildman–Crippen LogP) is 4.06. The number of carbonyl (C=O) groups is 1. The fourth-order valence-electron chi connectivity index (χ4n) is 3.07. The van der Waals surface area contributed by atoms with Crippen molar-refractivity contribution in [2.24, 2.45) is 0 Å². The lowest BCUT2D eigenvalue weighted by atomic mass is 10.2. The highest BCUT2D eigenvalue weighted by Crippen LogP contribution is 2.30. The van der Waals surface area contributed by atoms with E-state index >= 15 is 0 Å². The molecule has 0 radical (unpaired) electrons. The number of urea groups is 1. The van der Waals surface area contributed by atoms with Gasteiger partial charge in [0.25, 0.3) is 0 Å². The molecular formula is C20H22F3N3O2. The molecule has 0 unspecified atom stereocenters. The summed E-state index contributed by atoms with van der Waals surface area (Å²) in [5.74, 6) is 0.805. The van der Waals surface area contributed by atoms with E-state index in [0.717, 1.165) is 30.0 Å². The van der Waals surface area contributed by atoms with Crippen LogP contribution < -0.4 is 10.1 Å². The molecule has 3 rings (SSSR count). The summed E-state index contributed by atoms with van der Waals surface area (Å²) in [6.45, 7) is 3.19. The molecule has 8 heteroatoms. The predicted molar refractivity (Wildman–Crippen MR) is 100 cm³/mol. The van der Waals surface area contributed by atoms with Gasteiger partial charge in [0, 0.05) is 38.4 Å². The number of piperazine rings is 1. The Morgan fingerprint density at radius 3 is 2.36 bits per heavy atom. The third-order valence-corrected chi connectivity index (χ3v) is 4.67. The molecule has 1 aliphatic rings. The first kappa shape index (κ1) is 20.0. The molecule has 0 bridgehead atoms. The van der Waals surface area contributed by atoms with Gasteiger partial charge in [0.1, 0.15) is 5.75 Å². The minimum Gasteiger partial charge on any atom is -0.497 e.